The van der Waals surface area contributed by atoms with Gasteiger partial charge in [0.2, 0.25) is 0 Å². The van der Waals surface area contributed by atoms with Crippen LogP contribution in [0.5, 0.6) is 11.7 Å². The Balaban J connectivity index is 2.37. The Morgan fingerprint density at radius 3 is 2.33 bits per heavy atom. The Morgan fingerprint density at radius 2 is 1.81 bits per heavy atom. The fourth-order valence-electron chi connectivity index (χ4n) is 2.41. The quantitative estimate of drug-likeness (QED) is 0.871. The van der Waals surface area contributed by atoms with Crippen molar-refractivity contribution in [3.63, 3.8) is 0 Å². The highest BCUT2D eigenvalue weighted by molar-refractivity contribution is 5.55. The van der Waals surface area contributed by atoms with Gasteiger partial charge in [-0.25, -0.2) is 0 Å². The summed E-state index contributed by atoms with van der Waals surface area (Å²) in [6, 6.07) is 7.74. The van der Waals surface area contributed by atoms with Crippen LogP contribution in [0.15, 0.2) is 35.3 Å². The van der Waals surface area contributed by atoms with E-state index in [0.29, 0.717) is 17.4 Å². The van der Waals surface area contributed by atoms with Crippen LogP contribution in [-0.4, -0.2) is 0 Å². The van der Waals surface area contributed by atoms with Gasteiger partial charge in [0.05, 0.1) is 5.70 Å². The number of furan rings is 1. The van der Waals surface area contributed by atoms with Crippen molar-refractivity contribution >= 4 is 5.70 Å². The minimum absolute atomic E-state index is 0.0652. The van der Waals surface area contributed by atoms with Crippen LogP contribution in [0, 0.1) is 13.8 Å². The van der Waals surface area contributed by atoms with Crippen LogP contribution in [0.1, 0.15) is 43.2 Å². The molecule has 112 valence electrons. The highest BCUT2D eigenvalue weighted by Crippen LogP contribution is 2.34. The first kappa shape index (κ1) is 15.2. The highest BCUT2D eigenvalue weighted by atomic mass is 16.6. The zero-order valence-electron chi connectivity index (χ0n) is 13.4. The summed E-state index contributed by atoms with van der Waals surface area (Å²) < 4.78 is 11.4. The third kappa shape index (κ3) is 3.30. The van der Waals surface area contributed by atoms with E-state index in [1.54, 1.807) is 12.1 Å². The molecule has 3 nitrogen and oxygen atoms in total. The summed E-state index contributed by atoms with van der Waals surface area (Å²) in [7, 11) is 0. The molecule has 0 unspecified atom stereocenters. The first-order chi connectivity index (χ1) is 9.68. The first-order valence-electron chi connectivity index (χ1n) is 7.02. The number of aryl methyl sites for hydroxylation is 2. The molecule has 0 radical (unpaired) electrons. The van der Waals surface area contributed by atoms with E-state index in [2.05, 4.69) is 46.4 Å². The Hall–Kier alpha value is -2.16. The SMILES string of the molecule is C=C(N)c1ccc(Oc2cc(C(C)(C)C)c(C)cc2C)o1. The van der Waals surface area contributed by atoms with Crippen molar-refractivity contribution < 1.29 is 9.15 Å². The Kier molecular flexibility index (Phi) is 3.86. The van der Waals surface area contributed by atoms with Crippen LogP contribution in [-0.2, 0) is 5.41 Å². The molecule has 1 heterocycles. The van der Waals surface area contributed by atoms with E-state index in [4.69, 9.17) is 14.9 Å². The van der Waals surface area contributed by atoms with E-state index in [0.717, 1.165) is 11.3 Å². The lowest BCUT2D eigenvalue weighted by molar-refractivity contribution is 0.340. The van der Waals surface area contributed by atoms with Crippen LogP contribution in [0.4, 0.5) is 0 Å². The number of ether oxygens (including phenoxy) is 1. The molecule has 21 heavy (non-hydrogen) atoms. The average Bonchev–Trinajstić information content (AvgIpc) is 2.79. The molecule has 0 saturated heterocycles. The second kappa shape index (κ2) is 5.32. The molecule has 0 bridgehead atoms. The molecule has 0 aliphatic carbocycles. The lowest BCUT2D eigenvalue weighted by atomic mass is 9.83. The molecule has 3 heteroatoms. The smallest absolute Gasteiger partial charge is 0.290 e. The van der Waals surface area contributed by atoms with Gasteiger partial charge >= 0.3 is 0 Å². The van der Waals surface area contributed by atoms with Crippen LogP contribution >= 0.6 is 0 Å². The third-order valence-corrected chi connectivity index (χ3v) is 3.44. The summed E-state index contributed by atoms with van der Waals surface area (Å²) in [6.07, 6.45) is 0. The normalized spacial score (nSPS) is 11.5. The van der Waals surface area contributed by atoms with E-state index in [1.165, 1.54) is 11.1 Å². The van der Waals surface area contributed by atoms with Crippen molar-refractivity contribution in [2.45, 2.75) is 40.0 Å². The van der Waals surface area contributed by atoms with Crippen LogP contribution in [0.25, 0.3) is 5.70 Å². The van der Waals surface area contributed by atoms with Gasteiger partial charge in [0.1, 0.15) is 5.75 Å². The molecule has 1 aromatic carbocycles. The number of hydrogen-bond donors (Lipinski definition) is 1. The van der Waals surface area contributed by atoms with E-state index < -0.39 is 0 Å². The maximum Gasteiger partial charge on any atom is 0.290 e. The van der Waals surface area contributed by atoms with Gasteiger partial charge in [-0.15, -0.1) is 0 Å². The summed E-state index contributed by atoms with van der Waals surface area (Å²) in [6.45, 7) is 14.4. The van der Waals surface area contributed by atoms with Crippen molar-refractivity contribution in [2.75, 3.05) is 0 Å². The zero-order chi connectivity index (χ0) is 15.8. The van der Waals surface area contributed by atoms with Gasteiger partial charge in [-0.05, 0) is 48.1 Å². The third-order valence-electron chi connectivity index (χ3n) is 3.44. The number of nitrogens with two attached hydrogens (primary N) is 1. The van der Waals surface area contributed by atoms with Crippen molar-refractivity contribution in [3.8, 4) is 11.7 Å². The first-order valence-corrected chi connectivity index (χ1v) is 7.02. The van der Waals surface area contributed by atoms with Crippen molar-refractivity contribution in [3.05, 3.63) is 53.3 Å². The van der Waals surface area contributed by atoms with Crippen LogP contribution in [0.3, 0.4) is 0 Å². The standard InChI is InChI=1S/C18H23NO2/c1-11-9-12(2)16(10-14(11)18(4,5)6)21-17-8-7-15(20-17)13(3)19/h7-10H,3,19H2,1-2,4-6H3. The summed E-state index contributed by atoms with van der Waals surface area (Å²) in [5.41, 5.74) is 9.67. The molecular formula is C18H23NO2. The van der Waals surface area contributed by atoms with Crippen molar-refractivity contribution in [2.24, 2.45) is 5.73 Å². The fourth-order valence-corrected chi connectivity index (χ4v) is 2.41. The maximum absolute atomic E-state index is 5.87. The fraction of sp³-hybridized carbons (Fsp3) is 0.333. The second-order valence-corrected chi connectivity index (χ2v) is 6.43. The van der Waals surface area contributed by atoms with Gasteiger partial charge in [-0.1, -0.05) is 33.4 Å². The summed E-state index contributed by atoms with van der Waals surface area (Å²) in [5, 5.41) is 0. The van der Waals surface area contributed by atoms with E-state index in [9.17, 15) is 0 Å². The Morgan fingerprint density at radius 1 is 1.14 bits per heavy atom. The average molecular weight is 285 g/mol. The lowest BCUT2D eigenvalue weighted by Crippen LogP contribution is -2.13. The Labute approximate surface area is 126 Å². The number of benzene rings is 1. The largest absolute Gasteiger partial charge is 0.426 e. The molecule has 0 amide bonds. The van der Waals surface area contributed by atoms with E-state index >= 15 is 0 Å². The lowest BCUT2D eigenvalue weighted by Gasteiger charge is -2.23. The molecule has 1 aromatic heterocycles. The maximum atomic E-state index is 5.87. The van der Waals surface area contributed by atoms with Crippen molar-refractivity contribution in [1.29, 1.82) is 0 Å². The predicted octanol–water partition coefficient (Wildman–Crippen LogP) is 4.92. The van der Waals surface area contributed by atoms with E-state index in [-0.39, 0.29) is 5.41 Å². The second-order valence-electron chi connectivity index (χ2n) is 6.43. The molecule has 0 fully saturated rings. The zero-order valence-corrected chi connectivity index (χ0v) is 13.4. The minimum Gasteiger partial charge on any atom is -0.426 e. The molecule has 0 spiro atoms. The van der Waals surface area contributed by atoms with E-state index in [1.807, 2.05) is 6.92 Å². The summed E-state index contributed by atoms with van der Waals surface area (Å²) >= 11 is 0. The van der Waals surface area contributed by atoms with Gasteiger partial charge in [0.25, 0.3) is 5.95 Å². The van der Waals surface area contributed by atoms with Gasteiger partial charge in [0.15, 0.2) is 5.76 Å². The van der Waals surface area contributed by atoms with Crippen LogP contribution in [0.2, 0.25) is 0 Å². The number of rotatable bonds is 3. The minimum atomic E-state index is 0.0652. The predicted molar refractivity (Wildman–Crippen MR) is 86.6 cm³/mol. The number of hydrogen-bond acceptors (Lipinski definition) is 3. The Bertz CT molecular complexity index is 675. The topological polar surface area (TPSA) is 48.4 Å². The van der Waals surface area contributed by atoms with Gasteiger partial charge in [0, 0.05) is 6.07 Å². The molecule has 0 aliphatic heterocycles. The van der Waals surface area contributed by atoms with Crippen LogP contribution < -0.4 is 10.5 Å². The van der Waals surface area contributed by atoms with Crippen molar-refractivity contribution in [1.82, 2.24) is 0 Å². The summed E-state index contributed by atoms with van der Waals surface area (Å²) in [4.78, 5) is 0. The molecule has 2 rings (SSSR count). The van der Waals surface area contributed by atoms with Gasteiger partial charge in [-0.2, -0.15) is 0 Å². The summed E-state index contributed by atoms with van der Waals surface area (Å²) in [5.74, 6) is 1.75. The molecule has 2 N–H and O–H groups in total. The molecule has 2 aromatic rings. The molecule has 0 aliphatic rings. The molecular weight excluding hydrogens is 262 g/mol. The monoisotopic (exact) mass is 285 g/mol. The highest BCUT2D eigenvalue weighted by Gasteiger charge is 2.19. The molecule has 0 saturated carbocycles. The van der Waals surface area contributed by atoms with Gasteiger partial charge in [-0.3, -0.25) is 0 Å². The van der Waals surface area contributed by atoms with Gasteiger partial charge < -0.3 is 14.9 Å². The molecule has 0 atom stereocenters.